The number of hydrogen-bond acceptors (Lipinski definition) is 5. The summed E-state index contributed by atoms with van der Waals surface area (Å²) in [5.41, 5.74) is 0. The maximum atomic E-state index is 12.4. The molecule has 0 saturated carbocycles. The zero-order chi connectivity index (χ0) is 14.7. The Morgan fingerprint density at radius 1 is 1.37 bits per heavy atom. The number of aromatic nitrogens is 2. The van der Waals surface area contributed by atoms with Crippen molar-refractivity contribution in [2.45, 2.75) is 6.18 Å². The van der Waals surface area contributed by atoms with Crippen molar-refractivity contribution >= 4 is 27.4 Å². The first kappa shape index (κ1) is 15.9. The van der Waals surface area contributed by atoms with Crippen LogP contribution in [0.5, 0.6) is 0 Å². The third-order valence-electron chi connectivity index (χ3n) is 1.94. The molecule has 0 atom stereocenters. The second-order valence-corrected chi connectivity index (χ2v) is 5.78. The summed E-state index contributed by atoms with van der Waals surface area (Å²) >= 11 is 5.43. The van der Waals surface area contributed by atoms with Crippen LogP contribution in [0.2, 0.25) is 5.15 Å². The fourth-order valence-corrected chi connectivity index (χ4v) is 1.81. The topological polar surface area (TPSA) is 84.0 Å². The van der Waals surface area contributed by atoms with Gasteiger partial charge < -0.3 is 5.32 Å². The molecule has 1 heterocycles. The maximum Gasteiger partial charge on any atom is 0.451 e. The molecule has 0 bridgehead atoms. The van der Waals surface area contributed by atoms with E-state index in [1.807, 2.05) is 0 Å². The van der Waals surface area contributed by atoms with Crippen LogP contribution in [0.4, 0.5) is 19.0 Å². The van der Waals surface area contributed by atoms with Gasteiger partial charge in [0.15, 0.2) is 0 Å². The second-order valence-electron chi connectivity index (χ2n) is 3.35. The number of nitrogens with one attached hydrogen (secondary N) is 2. The van der Waals surface area contributed by atoms with Gasteiger partial charge in [0.25, 0.3) is 0 Å². The zero-order valence-electron chi connectivity index (χ0n) is 9.62. The maximum absolute atomic E-state index is 12.4. The van der Waals surface area contributed by atoms with Gasteiger partial charge in [-0.05, 0) is 7.05 Å². The Morgan fingerprint density at radius 3 is 2.53 bits per heavy atom. The van der Waals surface area contributed by atoms with E-state index in [4.69, 9.17) is 11.6 Å². The zero-order valence-corrected chi connectivity index (χ0v) is 11.2. The molecule has 0 aliphatic carbocycles. The van der Waals surface area contributed by atoms with Crippen LogP contribution in [0.15, 0.2) is 6.07 Å². The van der Waals surface area contributed by atoms with Gasteiger partial charge in [-0.1, -0.05) is 11.6 Å². The van der Waals surface area contributed by atoms with Crippen LogP contribution in [-0.4, -0.2) is 37.7 Å². The van der Waals surface area contributed by atoms with Gasteiger partial charge in [0.2, 0.25) is 15.8 Å². The quantitative estimate of drug-likeness (QED) is 0.795. The van der Waals surface area contributed by atoms with Gasteiger partial charge in [-0.15, -0.1) is 0 Å². The van der Waals surface area contributed by atoms with Crippen molar-refractivity contribution in [1.29, 1.82) is 0 Å². The first-order chi connectivity index (χ1) is 8.64. The van der Waals surface area contributed by atoms with E-state index in [1.54, 1.807) is 0 Å². The molecule has 0 spiro atoms. The lowest BCUT2D eigenvalue weighted by Crippen LogP contribution is -2.26. The van der Waals surface area contributed by atoms with Gasteiger partial charge in [-0.2, -0.15) is 13.2 Å². The van der Waals surface area contributed by atoms with Crippen LogP contribution in [0.3, 0.4) is 0 Å². The molecule has 19 heavy (non-hydrogen) atoms. The van der Waals surface area contributed by atoms with Crippen molar-refractivity contribution in [2.75, 3.05) is 24.7 Å². The average molecular weight is 319 g/mol. The van der Waals surface area contributed by atoms with Crippen LogP contribution in [0.25, 0.3) is 0 Å². The van der Waals surface area contributed by atoms with E-state index in [0.717, 1.165) is 6.07 Å². The predicted octanol–water partition coefficient (Wildman–Crippen LogP) is 1.11. The Hall–Kier alpha value is -1.13. The smallest absolute Gasteiger partial charge is 0.369 e. The van der Waals surface area contributed by atoms with Crippen LogP contribution in [0.1, 0.15) is 5.82 Å². The third-order valence-corrected chi connectivity index (χ3v) is 3.49. The normalized spacial score (nSPS) is 12.5. The standard InChI is InChI=1S/C8H10ClF3N4O2S/c1-13-19(17,18)3-2-14-6-4-5(9)15-7(16-6)8(10,11)12/h4,13H,2-3H2,1H3,(H,14,15,16). The summed E-state index contributed by atoms with van der Waals surface area (Å²) in [5.74, 6) is -1.90. The SMILES string of the molecule is CNS(=O)(=O)CCNc1cc(Cl)nc(C(F)(F)F)n1. The summed E-state index contributed by atoms with van der Waals surface area (Å²) in [6.45, 7) is -0.117. The summed E-state index contributed by atoms with van der Waals surface area (Å²) < 4.78 is 61.4. The Bertz CT molecular complexity index is 549. The Labute approximate surface area is 112 Å². The van der Waals surface area contributed by atoms with Crippen LogP contribution in [0, 0.1) is 0 Å². The third kappa shape index (κ3) is 5.17. The molecule has 0 aliphatic heterocycles. The minimum Gasteiger partial charge on any atom is -0.369 e. The second kappa shape index (κ2) is 5.88. The minimum atomic E-state index is -4.72. The van der Waals surface area contributed by atoms with Crippen molar-refractivity contribution in [3.05, 3.63) is 17.0 Å². The molecule has 6 nitrogen and oxygen atoms in total. The highest BCUT2D eigenvalue weighted by atomic mass is 35.5. The molecule has 0 unspecified atom stereocenters. The van der Waals surface area contributed by atoms with Crippen LogP contribution >= 0.6 is 11.6 Å². The summed E-state index contributed by atoms with van der Waals surface area (Å²) in [6.07, 6.45) is -4.72. The average Bonchev–Trinajstić information content (AvgIpc) is 2.27. The lowest BCUT2D eigenvalue weighted by atomic mass is 10.5. The molecule has 11 heteroatoms. The number of hydrogen-bond donors (Lipinski definition) is 2. The molecule has 1 aromatic heterocycles. The van der Waals surface area contributed by atoms with E-state index in [1.165, 1.54) is 7.05 Å². The molecule has 0 radical (unpaired) electrons. The number of rotatable bonds is 5. The van der Waals surface area contributed by atoms with Crippen LogP contribution in [-0.2, 0) is 16.2 Å². The van der Waals surface area contributed by atoms with E-state index in [-0.39, 0.29) is 23.3 Å². The summed E-state index contributed by atoms with van der Waals surface area (Å²) in [7, 11) is -2.21. The molecule has 0 fully saturated rings. The first-order valence-electron chi connectivity index (χ1n) is 4.91. The van der Waals surface area contributed by atoms with E-state index >= 15 is 0 Å². The fraction of sp³-hybridized carbons (Fsp3) is 0.500. The minimum absolute atomic E-state index is 0.117. The highest BCUT2D eigenvalue weighted by Gasteiger charge is 2.35. The van der Waals surface area contributed by atoms with Gasteiger partial charge in [-0.25, -0.2) is 23.1 Å². The lowest BCUT2D eigenvalue weighted by molar-refractivity contribution is -0.144. The lowest BCUT2D eigenvalue weighted by Gasteiger charge is -2.09. The van der Waals surface area contributed by atoms with Crippen molar-refractivity contribution in [3.63, 3.8) is 0 Å². The van der Waals surface area contributed by atoms with E-state index in [2.05, 4.69) is 20.0 Å². The highest BCUT2D eigenvalue weighted by Crippen LogP contribution is 2.28. The van der Waals surface area contributed by atoms with Crippen molar-refractivity contribution in [3.8, 4) is 0 Å². The van der Waals surface area contributed by atoms with Crippen molar-refractivity contribution in [2.24, 2.45) is 0 Å². The number of sulfonamides is 1. The molecule has 0 aliphatic rings. The summed E-state index contributed by atoms with van der Waals surface area (Å²) in [6, 6.07) is 1.07. The largest absolute Gasteiger partial charge is 0.451 e. The van der Waals surface area contributed by atoms with Crippen molar-refractivity contribution < 1.29 is 21.6 Å². The molecule has 0 amide bonds. The van der Waals surface area contributed by atoms with Gasteiger partial charge >= 0.3 is 6.18 Å². The number of halogens is 4. The molecule has 0 aromatic carbocycles. The highest BCUT2D eigenvalue weighted by molar-refractivity contribution is 7.89. The van der Waals surface area contributed by atoms with Gasteiger partial charge in [0.05, 0.1) is 5.75 Å². The summed E-state index contributed by atoms with van der Waals surface area (Å²) in [4.78, 5) is 6.24. The molecule has 1 aromatic rings. The van der Waals surface area contributed by atoms with Gasteiger partial charge in [-0.3, -0.25) is 0 Å². The number of nitrogens with zero attached hydrogens (tertiary/aromatic N) is 2. The molecular formula is C8H10ClF3N4O2S. The summed E-state index contributed by atoms with van der Waals surface area (Å²) in [5, 5.41) is 2.05. The predicted molar refractivity (Wildman–Crippen MR) is 63.4 cm³/mol. The van der Waals surface area contributed by atoms with Crippen LogP contribution < -0.4 is 10.0 Å². The Kier molecular flexibility index (Phi) is 4.93. The molecular weight excluding hydrogens is 309 g/mol. The van der Waals surface area contributed by atoms with Crippen molar-refractivity contribution in [1.82, 2.24) is 14.7 Å². The number of alkyl halides is 3. The Balaban J connectivity index is 2.77. The van der Waals surface area contributed by atoms with Gasteiger partial charge in [0, 0.05) is 12.6 Å². The molecule has 1 rings (SSSR count). The monoisotopic (exact) mass is 318 g/mol. The van der Waals surface area contributed by atoms with E-state index in [0.29, 0.717) is 0 Å². The van der Waals surface area contributed by atoms with E-state index < -0.39 is 22.0 Å². The Morgan fingerprint density at radius 2 is 2.00 bits per heavy atom. The first-order valence-corrected chi connectivity index (χ1v) is 6.94. The van der Waals surface area contributed by atoms with E-state index in [9.17, 15) is 21.6 Å². The number of anilines is 1. The molecule has 0 saturated heterocycles. The van der Waals surface area contributed by atoms with Gasteiger partial charge in [0.1, 0.15) is 11.0 Å². The molecule has 108 valence electrons. The molecule has 2 N–H and O–H groups in total. The fourth-order valence-electron chi connectivity index (χ4n) is 1.05.